The lowest BCUT2D eigenvalue weighted by molar-refractivity contribution is 0.143. The number of thiophene rings is 1. The second-order valence-electron chi connectivity index (χ2n) is 5.06. The average molecular weight is 252 g/mol. The Morgan fingerprint density at radius 2 is 2.00 bits per heavy atom. The third-order valence-electron chi connectivity index (χ3n) is 3.71. The summed E-state index contributed by atoms with van der Waals surface area (Å²) in [5.74, 6) is 0. The lowest BCUT2D eigenvalue weighted by Crippen LogP contribution is -2.42. The van der Waals surface area contributed by atoms with E-state index in [0.29, 0.717) is 6.04 Å². The van der Waals surface area contributed by atoms with Crippen LogP contribution in [0.1, 0.15) is 48.4 Å². The zero-order valence-electron chi connectivity index (χ0n) is 11.0. The summed E-state index contributed by atoms with van der Waals surface area (Å²) in [6.07, 6.45) is 5.10. The summed E-state index contributed by atoms with van der Waals surface area (Å²) < 4.78 is 0. The molecule has 2 atom stereocenters. The van der Waals surface area contributed by atoms with Gasteiger partial charge in [-0.05, 0) is 51.4 Å². The van der Waals surface area contributed by atoms with Gasteiger partial charge in [-0.25, -0.2) is 0 Å². The van der Waals surface area contributed by atoms with E-state index in [2.05, 4.69) is 30.9 Å². The first-order chi connectivity index (χ1) is 8.22. The predicted molar refractivity (Wildman–Crippen MR) is 75.5 cm³/mol. The fourth-order valence-electron chi connectivity index (χ4n) is 2.69. The highest BCUT2D eigenvalue weighted by atomic mass is 32.1. The normalized spacial score (nSPS) is 21.4. The molecule has 1 aliphatic heterocycles. The van der Waals surface area contributed by atoms with E-state index in [1.54, 1.807) is 0 Å². The first-order valence-electron chi connectivity index (χ1n) is 6.78. The minimum atomic E-state index is 0.270. The largest absolute Gasteiger partial charge is 0.326 e. The third-order valence-corrected chi connectivity index (χ3v) is 4.78. The molecule has 0 amide bonds. The molecule has 0 aliphatic carbocycles. The van der Waals surface area contributed by atoms with Crippen molar-refractivity contribution in [3.05, 3.63) is 21.9 Å². The minimum Gasteiger partial charge on any atom is -0.326 e. The lowest BCUT2D eigenvalue weighted by Gasteiger charge is -2.37. The minimum absolute atomic E-state index is 0.270. The van der Waals surface area contributed by atoms with Crippen LogP contribution in [-0.2, 0) is 0 Å². The zero-order valence-corrected chi connectivity index (χ0v) is 11.8. The van der Waals surface area contributed by atoms with Crippen molar-refractivity contribution in [3.8, 4) is 0 Å². The van der Waals surface area contributed by atoms with Gasteiger partial charge < -0.3 is 5.73 Å². The van der Waals surface area contributed by atoms with Gasteiger partial charge in [0, 0.05) is 15.8 Å². The molecular weight excluding hydrogens is 228 g/mol. The molecule has 17 heavy (non-hydrogen) atoms. The fraction of sp³-hybridized carbons (Fsp3) is 0.714. The summed E-state index contributed by atoms with van der Waals surface area (Å²) in [6, 6.07) is 5.21. The number of nitrogens with two attached hydrogens (primary N) is 1. The van der Waals surface area contributed by atoms with E-state index in [-0.39, 0.29) is 6.04 Å². The molecule has 96 valence electrons. The number of likely N-dealkylation sites (tertiary alicyclic amines) is 1. The standard InChI is InChI=1S/C14H24N2S/c1-3-12(15)14(13-8-7-11(2)17-13)16-9-5-4-6-10-16/h7-8,12,14H,3-6,9-10,15H2,1-2H3. The van der Waals surface area contributed by atoms with Gasteiger partial charge in [0.15, 0.2) is 0 Å². The lowest BCUT2D eigenvalue weighted by atomic mass is 10.00. The molecule has 0 radical (unpaired) electrons. The van der Waals surface area contributed by atoms with Crippen LogP contribution in [0.5, 0.6) is 0 Å². The van der Waals surface area contributed by atoms with Crippen LogP contribution in [-0.4, -0.2) is 24.0 Å². The summed E-state index contributed by atoms with van der Waals surface area (Å²) in [5, 5.41) is 0. The van der Waals surface area contributed by atoms with Gasteiger partial charge in [-0.2, -0.15) is 0 Å². The van der Waals surface area contributed by atoms with E-state index < -0.39 is 0 Å². The topological polar surface area (TPSA) is 29.3 Å². The van der Waals surface area contributed by atoms with Crippen LogP contribution >= 0.6 is 11.3 Å². The van der Waals surface area contributed by atoms with Crippen molar-refractivity contribution in [2.45, 2.75) is 51.6 Å². The van der Waals surface area contributed by atoms with Crippen molar-refractivity contribution in [2.75, 3.05) is 13.1 Å². The van der Waals surface area contributed by atoms with E-state index >= 15 is 0 Å². The summed E-state index contributed by atoms with van der Waals surface area (Å²) >= 11 is 1.91. The van der Waals surface area contributed by atoms with Gasteiger partial charge in [-0.15, -0.1) is 11.3 Å². The molecule has 0 bridgehead atoms. The molecule has 0 spiro atoms. The molecule has 3 heteroatoms. The smallest absolute Gasteiger partial charge is 0.0593 e. The summed E-state index contributed by atoms with van der Waals surface area (Å²) in [7, 11) is 0. The molecule has 1 fully saturated rings. The van der Waals surface area contributed by atoms with Crippen LogP contribution in [0.15, 0.2) is 12.1 Å². The highest BCUT2D eigenvalue weighted by Crippen LogP contribution is 2.32. The predicted octanol–water partition coefficient (Wildman–Crippen LogP) is 3.32. The quantitative estimate of drug-likeness (QED) is 0.890. The molecule has 2 unspecified atom stereocenters. The van der Waals surface area contributed by atoms with E-state index in [1.807, 2.05) is 11.3 Å². The van der Waals surface area contributed by atoms with Crippen molar-refractivity contribution in [2.24, 2.45) is 5.73 Å². The van der Waals surface area contributed by atoms with Crippen molar-refractivity contribution < 1.29 is 0 Å². The summed E-state index contributed by atoms with van der Waals surface area (Å²) in [5.41, 5.74) is 6.35. The highest BCUT2D eigenvalue weighted by Gasteiger charge is 2.27. The molecule has 2 nitrogen and oxygen atoms in total. The van der Waals surface area contributed by atoms with E-state index in [1.165, 1.54) is 42.1 Å². The fourth-order valence-corrected chi connectivity index (χ4v) is 3.78. The van der Waals surface area contributed by atoms with Gasteiger partial charge >= 0.3 is 0 Å². The summed E-state index contributed by atoms with van der Waals surface area (Å²) in [6.45, 7) is 6.81. The highest BCUT2D eigenvalue weighted by molar-refractivity contribution is 7.12. The number of piperidine rings is 1. The Kier molecular flexibility index (Phi) is 4.60. The first kappa shape index (κ1) is 13.1. The molecule has 2 heterocycles. The number of aryl methyl sites for hydroxylation is 1. The van der Waals surface area contributed by atoms with Crippen LogP contribution < -0.4 is 5.73 Å². The Hall–Kier alpha value is -0.380. The molecule has 1 aromatic heterocycles. The Morgan fingerprint density at radius 3 is 2.53 bits per heavy atom. The number of hydrogen-bond donors (Lipinski definition) is 1. The maximum absolute atomic E-state index is 6.35. The van der Waals surface area contributed by atoms with Crippen LogP contribution in [0, 0.1) is 6.92 Å². The maximum atomic E-state index is 6.35. The zero-order chi connectivity index (χ0) is 12.3. The van der Waals surface area contributed by atoms with E-state index in [9.17, 15) is 0 Å². The number of hydrogen-bond acceptors (Lipinski definition) is 3. The maximum Gasteiger partial charge on any atom is 0.0593 e. The molecule has 2 N–H and O–H groups in total. The van der Waals surface area contributed by atoms with Crippen LogP contribution in [0.25, 0.3) is 0 Å². The monoisotopic (exact) mass is 252 g/mol. The Balaban J connectivity index is 2.17. The van der Waals surface area contributed by atoms with Crippen molar-refractivity contribution in [3.63, 3.8) is 0 Å². The van der Waals surface area contributed by atoms with Gasteiger partial charge in [0.05, 0.1) is 6.04 Å². The Labute approximate surface area is 109 Å². The molecule has 1 saturated heterocycles. The van der Waals surface area contributed by atoms with Crippen molar-refractivity contribution >= 4 is 11.3 Å². The molecule has 1 aromatic rings. The van der Waals surface area contributed by atoms with Crippen molar-refractivity contribution in [1.82, 2.24) is 4.90 Å². The average Bonchev–Trinajstić information content (AvgIpc) is 2.77. The third kappa shape index (κ3) is 3.09. The van der Waals surface area contributed by atoms with Crippen LogP contribution in [0.2, 0.25) is 0 Å². The van der Waals surface area contributed by atoms with Gasteiger partial charge in [-0.1, -0.05) is 13.3 Å². The number of rotatable bonds is 4. The van der Waals surface area contributed by atoms with E-state index in [0.717, 1.165) is 6.42 Å². The Bertz CT molecular complexity index is 342. The van der Waals surface area contributed by atoms with E-state index in [4.69, 9.17) is 5.73 Å². The van der Waals surface area contributed by atoms with Crippen LogP contribution in [0.3, 0.4) is 0 Å². The summed E-state index contributed by atoms with van der Waals surface area (Å²) in [4.78, 5) is 5.45. The molecule has 1 aliphatic rings. The van der Waals surface area contributed by atoms with Gasteiger partial charge in [0.2, 0.25) is 0 Å². The van der Waals surface area contributed by atoms with Crippen LogP contribution in [0.4, 0.5) is 0 Å². The molecular formula is C14H24N2S. The molecule has 0 aromatic carbocycles. The number of nitrogens with zero attached hydrogens (tertiary/aromatic N) is 1. The molecule has 2 rings (SSSR count). The molecule has 0 saturated carbocycles. The first-order valence-corrected chi connectivity index (χ1v) is 7.60. The van der Waals surface area contributed by atoms with Gasteiger partial charge in [-0.3, -0.25) is 4.90 Å². The van der Waals surface area contributed by atoms with Gasteiger partial charge in [0.25, 0.3) is 0 Å². The van der Waals surface area contributed by atoms with Gasteiger partial charge in [0.1, 0.15) is 0 Å². The second kappa shape index (κ2) is 5.98. The Morgan fingerprint density at radius 1 is 1.29 bits per heavy atom. The second-order valence-corrected chi connectivity index (χ2v) is 6.38. The SMILES string of the molecule is CCC(N)C(c1ccc(C)s1)N1CCCCC1. The van der Waals surface area contributed by atoms with Crippen molar-refractivity contribution in [1.29, 1.82) is 0 Å².